The Morgan fingerprint density at radius 3 is 2.51 bits per heavy atom. The number of hydrogen-bond donors (Lipinski definition) is 3. The van der Waals surface area contributed by atoms with E-state index in [1.54, 1.807) is 24.2 Å². The van der Waals surface area contributed by atoms with Gasteiger partial charge in [-0.05, 0) is 56.2 Å². The van der Waals surface area contributed by atoms with Gasteiger partial charge in [0, 0.05) is 42.6 Å². The fourth-order valence-electron chi connectivity index (χ4n) is 5.73. The molecule has 1 aromatic carbocycles. The number of hydrogen-bond acceptors (Lipinski definition) is 8. The van der Waals surface area contributed by atoms with Crippen molar-refractivity contribution in [2.75, 3.05) is 11.9 Å². The maximum atomic E-state index is 14.1. The minimum absolute atomic E-state index is 0.0484. The molecule has 5 rings (SSSR count). The van der Waals surface area contributed by atoms with Crippen molar-refractivity contribution >= 4 is 34.3 Å². The number of anilines is 1. The van der Waals surface area contributed by atoms with Crippen molar-refractivity contribution in [1.29, 1.82) is 0 Å². The van der Waals surface area contributed by atoms with Gasteiger partial charge < -0.3 is 20.9 Å². The van der Waals surface area contributed by atoms with Crippen LogP contribution in [0.2, 0.25) is 0 Å². The first-order chi connectivity index (χ1) is 20.0. The van der Waals surface area contributed by atoms with Crippen LogP contribution in [0.15, 0.2) is 54.9 Å². The van der Waals surface area contributed by atoms with Crippen LogP contribution in [-0.2, 0) is 20.9 Å². The Morgan fingerprint density at radius 2 is 1.76 bits per heavy atom. The molecule has 2 aliphatic rings. The van der Waals surface area contributed by atoms with Crippen LogP contribution in [0.3, 0.4) is 0 Å². The Labute approximate surface area is 244 Å². The van der Waals surface area contributed by atoms with E-state index in [1.165, 1.54) is 0 Å². The summed E-state index contributed by atoms with van der Waals surface area (Å²) in [4.78, 5) is 46.6. The first-order valence-corrected chi connectivity index (χ1v) is 15.2. The smallest absolute Gasteiger partial charge is 0.247 e. The summed E-state index contributed by atoms with van der Waals surface area (Å²) in [6.07, 6.45) is 9.70. The van der Waals surface area contributed by atoms with Gasteiger partial charge >= 0.3 is 0 Å². The van der Waals surface area contributed by atoms with Gasteiger partial charge in [0.15, 0.2) is 0 Å². The second kappa shape index (κ2) is 13.8. The molecule has 2 fully saturated rings. The van der Waals surface area contributed by atoms with Crippen molar-refractivity contribution in [3.63, 3.8) is 0 Å². The largest absolute Gasteiger partial charge is 0.343 e. The first-order valence-electron chi connectivity index (χ1n) is 14.4. The molecule has 41 heavy (non-hydrogen) atoms. The normalized spacial score (nSPS) is 19.0. The minimum Gasteiger partial charge on any atom is -0.343 e. The molecule has 10 nitrogen and oxygen atoms in total. The molecule has 3 N–H and O–H groups in total. The van der Waals surface area contributed by atoms with Crippen LogP contribution < -0.4 is 16.0 Å². The lowest BCUT2D eigenvalue weighted by Gasteiger charge is -2.35. The van der Waals surface area contributed by atoms with Crippen LogP contribution >= 0.6 is 11.5 Å². The lowest BCUT2D eigenvalue weighted by Crippen LogP contribution is -2.57. The van der Waals surface area contributed by atoms with Crippen LogP contribution in [-0.4, -0.2) is 61.9 Å². The molecule has 0 bridgehead atoms. The van der Waals surface area contributed by atoms with E-state index in [2.05, 4.69) is 30.5 Å². The van der Waals surface area contributed by atoms with Crippen molar-refractivity contribution in [2.45, 2.75) is 76.5 Å². The van der Waals surface area contributed by atoms with E-state index >= 15 is 0 Å². The summed E-state index contributed by atoms with van der Waals surface area (Å²) in [7, 11) is 0. The summed E-state index contributed by atoms with van der Waals surface area (Å²) in [5.74, 6) is -0.589. The molecule has 1 saturated carbocycles. The molecule has 11 heteroatoms. The number of carbonyl (C=O) groups is 3. The van der Waals surface area contributed by atoms with Gasteiger partial charge in [-0.25, -0.2) is 0 Å². The van der Waals surface area contributed by atoms with Crippen LogP contribution in [0.5, 0.6) is 0 Å². The van der Waals surface area contributed by atoms with Crippen LogP contribution in [0.4, 0.5) is 5.00 Å². The lowest BCUT2D eigenvalue weighted by atomic mass is 9.83. The highest BCUT2D eigenvalue weighted by molar-refractivity contribution is 7.10. The van der Waals surface area contributed by atoms with Crippen molar-refractivity contribution in [3.8, 4) is 11.3 Å². The van der Waals surface area contributed by atoms with Crippen molar-refractivity contribution < 1.29 is 14.4 Å². The van der Waals surface area contributed by atoms with E-state index in [9.17, 15) is 14.4 Å². The maximum Gasteiger partial charge on any atom is 0.247 e. The molecule has 0 radical (unpaired) electrons. The number of nitrogens with one attached hydrogen (secondary N) is 3. The third kappa shape index (κ3) is 7.15. The summed E-state index contributed by atoms with van der Waals surface area (Å²) in [6, 6.07) is 11.6. The quantitative estimate of drug-likeness (QED) is 0.336. The molecule has 0 spiro atoms. The van der Waals surface area contributed by atoms with E-state index in [0.29, 0.717) is 30.2 Å². The minimum atomic E-state index is -0.661. The number of pyridine rings is 1. The van der Waals surface area contributed by atoms with Gasteiger partial charge in [-0.2, -0.15) is 0 Å². The molecule has 1 aliphatic heterocycles. The van der Waals surface area contributed by atoms with Crippen molar-refractivity contribution in [1.82, 2.24) is 30.1 Å². The summed E-state index contributed by atoms with van der Waals surface area (Å²) in [6.45, 7) is 2.81. The predicted octanol–water partition coefficient (Wildman–Crippen LogP) is 3.77. The molecule has 1 aliphatic carbocycles. The Kier molecular flexibility index (Phi) is 9.68. The molecular weight excluding hydrogens is 538 g/mol. The maximum absolute atomic E-state index is 14.1. The summed E-state index contributed by atoms with van der Waals surface area (Å²) >= 11 is 1.12. The van der Waals surface area contributed by atoms with E-state index in [-0.39, 0.29) is 23.6 Å². The number of benzene rings is 1. The Morgan fingerprint density at radius 1 is 1.00 bits per heavy atom. The van der Waals surface area contributed by atoms with E-state index in [0.717, 1.165) is 61.2 Å². The highest BCUT2D eigenvalue weighted by Crippen LogP contribution is 2.32. The second-order valence-electron chi connectivity index (χ2n) is 10.8. The van der Waals surface area contributed by atoms with Crippen LogP contribution in [0.25, 0.3) is 11.3 Å². The SMILES string of the molecule is CC(NCc1ccncc1)C(=O)N[C@H](C(=O)N1CCC[C@H]1C(=O)Nc1snnc1-c1ccccc1)C1CCCCC1. The molecule has 2 aromatic heterocycles. The van der Waals surface area contributed by atoms with Gasteiger partial charge in [-0.3, -0.25) is 19.4 Å². The zero-order valence-corrected chi connectivity index (χ0v) is 24.1. The summed E-state index contributed by atoms with van der Waals surface area (Å²) in [5, 5.41) is 14.1. The topological polar surface area (TPSA) is 129 Å². The lowest BCUT2D eigenvalue weighted by molar-refractivity contribution is -0.142. The number of rotatable bonds is 10. The fourth-order valence-corrected chi connectivity index (χ4v) is 6.32. The molecule has 1 unspecified atom stereocenters. The predicted molar refractivity (Wildman–Crippen MR) is 158 cm³/mol. The molecule has 3 atom stereocenters. The standard InChI is InChI=1S/C30H37N7O3S/c1-20(32-19-21-14-16-31-17-15-21)27(38)33-26(23-11-6-3-7-12-23)30(40)37-18-8-13-24(37)28(39)34-29-25(35-36-41-29)22-9-4-2-5-10-22/h2,4-5,9-10,14-17,20,23-24,26,32H,3,6-8,11-13,18-19H2,1H3,(H,33,38)(H,34,39)/t20?,24-,26-/m0/s1. The summed E-state index contributed by atoms with van der Waals surface area (Å²) < 4.78 is 4.05. The molecule has 3 aromatic rings. The fraction of sp³-hybridized carbons (Fsp3) is 0.467. The zero-order chi connectivity index (χ0) is 28.6. The number of likely N-dealkylation sites (tertiary alicyclic amines) is 1. The van der Waals surface area contributed by atoms with E-state index in [1.807, 2.05) is 42.5 Å². The van der Waals surface area contributed by atoms with Crippen molar-refractivity contribution in [3.05, 3.63) is 60.4 Å². The molecule has 216 valence electrons. The Hall–Kier alpha value is -3.70. The second-order valence-corrected chi connectivity index (χ2v) is 11.6. The zero-order valence-electron chi connectivity index (χ0n) is 23.3. The number of carbonyl (C=O) groups excluding carboxylic acids is 3. The Balaban J connectivity index is 1.27. The van der Waals surface area contributed by atoms with Gasteiger partial charge in [-0.15, -0.1) is 5.10 Å². The van der Waals surface area contributed by atoms with Gasteiger partial charge in [0.25, 0.3) is 0 Å². The van der Waals surface area contributed by atoms with Crippen LogP contribution in [0, 0.1) is 5.92 Å². The molecule has 1 saturated heterocycles. The summed E-state index contributed by atoms with van der Waals surface area (Å²) in [5.41, 5.74) is 2.50. The third-order valence-corrected chi connectivity index (χ3v) is 8.69. The van der Waals surface area contributed by atoms with E-state index < -0.39 is 18.1 Å². The van der Waals surface area contributed by atoms with Gasteiger partial charge in [0.1, 0.15) is 22.8 Å². The first kappa shape index (κ1) is 28.8. The average molecular weight is 576 g/mol. The van der Waals surface area contributed by atoms with Crippen molar-refractivity contribution in [2.24, 2.45) is 5.92 Å². The molecular formula is C30H37N7O3S. The Bertz CT molecular complexity index is 1310. The highest BCUT2D eigenvalue weighted by Gasteiger charge is 2.41. The number of amides is 3. The van der Waals surface area contributed by atoms with E-state index in [4.69, 9.17) is 0 Å². The third-order valence-electron chi connectivity index (χ3n) is 8.05. The monoisotopic (exact) mass is 575 g/mol. The van der Waals surface area contributed by atoms with Gasteiger partial charge in [-0.1, -0.05) is 54.1 Å². The number of aromatic nitrogens is 3. The van der Waals surface area contributed by atoms with Gasteiger partial charge in [0.05, 0.1) is 6.04 Å². The van der Waals surface area contributed by atoms with Crippen LogP contribution in [0.1, 0.15) is 57.4 Å². The average Bonchev–Trinajstić information content (AvgIpc) is 3.70. The number of nitrogens with zero attached hydrogens (tertiary/aromatic N) is 4. The molecule has 3 heterocycles. The highest BCUT2D eigenvalue weighted by atomic mass is 32.1. The molecule has 3 amide bonds. The van der Waals surface area contributed by atoms with Gasteiger partial charge in [0.2, 0.25) is 17.7 Å².